The first-order valence-electron chi connectivity index (χ1n) is 6.86. The largest absolute Gasteiger partial charge is 0.494 e. The van der Waals surface area contributed by atoms with Gasteiger partial charge in [0, 0.05) is 6.04 Å². The van der Waals surface area contributed by atoms with Crippen LogP contribution in [0.1, 0.15) is 19.8 Å². The lowest BCUT2D eigenvalue weighted by Crippen LogP contribution is -2.35. The molecule has 1 fully saturated rings. The molecule has 4 nitrogen and oxygen atoms in total. The van der Waals surface area contributed by atoms with Crippen molar-refractivity contribution in [1.82, 2.24) is 10.3 Å². The van der Waals surface area contributed by atoms with Gasteiger partial charge in [-0.3, -0.25) is 0 Å². The molecule has 0 spiro atoms. The fraction of sp³-hybridized carbons (Fsp3) is 0.500. The van der Waals surface area contributed by atoms with E-state index < -0.39 is 0 Å². The van der Waals surface area contributed by atoms with Crippen LogP contribution < -0.4 is 15.4 Å². The quantitative estimate of drug-likeness (QED) is 0.902. The van der Waals surface area contributed by atoms with Crippen molar-refractivity contribution >= 4 is 26.7 Å². The molecule has 19 heavy (non-hydrogen) atoms. The topological polar surface area (TPSA) is 46.2 Å². The number of anilines is 1. The van der Waals surface area contributed by atoms with Crippen LogP contribution in [0.15, 0.2) is 18.2 Å². The van der Waals surface area contributed by atoms with Crippen molar-refractivity contribution in [2.75, 3.05) is 25.0 Å². The predicted octanol–water partition coefficient (Wildman–Crippen LogP) is 2.86. The molecule has 102 valence electrons. The molecule has 1 aliphatic heterocycles. The minimum atomic E-state index is 0.549. The molecule has 1 aliphatic rings. The maximum atomic E-state index is 5.52. The normalized spacial score (nSPS) is 16.7. The number of nitrogens with zero attached hydrogens (tertiary/aromatic N) is 1. The summed E-state index contributed by atoms with van der Waals surface area (Å²) in [4.78, 5) is 4.64. The second-order valence-electron chi connectivity index (χ2n) is 4.75. The van der Waals surface area contributed by atoms with E-state index in [1.54, 1.807) is 11.3 Å². The third-order valence-corrected chi connectivity index (χ3v) is 4.29. The Morgan fingerprint density at radius 3 is 3.05 bits per heavy atom. The number of rotatable bonds is 4. The molecule has 0 aliphatic carbocycles. The van der Waals surface area contributed by atoms with Crippen LogP contribution in [0.2, 0.25) is 0 Å². The van der Waals surface area contributed by atoms with Crippen molar-refractivity contribution in [3.05, 3.63) is 18.2 Å². The lowest BCUT2D eigenvalue weighted by molar-refractivity contribution is 0.341. The van der Waals surface area contributed by atoms with Crippen LogP contribution in [0.25, 0.3) is 10.2 Å². The average Bonchev–Trinajstić information content (AvgIpc) is 2.82. The maximum absolute atomic E-state index is 5.52. The SMILES string of the molecule is CCOc1ccc2nc(NC3CCNCC3)sc2c1. The third kappa shape index (κ3) is 2.98. The molecule has 0 atom stereocenters. The lowest BCUT2D eigenvalue weighted by atomic mass is 10.1. The Labute approximate surface area is 117 Å². The number of nitrogens with one attached hydrogen (secondary N) is 2. The minimum absolute atomic E-state index is 0.549. The summed E-state index contributed by atoms with van der Waals surface area (Å²) in [5.74, 6) is 0.923. The molecule has 3 rings (SSSR count). The Balaban J connectivity index is 1.76. The van der Waals surface area contributed by atoms with E-state index in [-0.39, 0.29) is 0 Å². The van der Waals surface area contributed by atoms with Crippen molar-refractivity contribution in [1.29, 1.82) is 0 Å². The van der Waals surface area contributed by atoms with Crippen LogP contribution in [0.5, 0.6) is 5.75 Å². The highest BCUT2D eigenvalue weighted by Crippen LogP contribution is 2.30. The zero-order valence-corrected chi connectivity index (χ0v) is 11.9. The molecule has 1 saturated heterocycles. The number of benzene rings is 1. The first kappa shape index (κ1) is 12.7. The summed E-state index contributed by atoms with van der Waals surface area (Å²) in [5.41, 5.74) is 1.05. The summed E-state index contributed by atoms with van der Waals surface area (Å²) < 4.78 is 6.71. The number of fused-ring (bicyclic) bond motifs is 1. The Morgan fingerprint density at radius 1 is 1.42 bits per heavy atom. The molecule has 1 aromatic heterocycles. The van der Waals surface area contributed by atoms with E-state index in [0.717, 1.165) is 29.5 Å². The zero-order chi connectivity index (χ0) is 13.1. The van der Waals surface area contributed by atoms with E-state index in [1.807, 2.05) is 19.1 Å². The zero-order valence-electron chi connectivity index (χ0n) is 11.1. The van der Waals surface area contributed by atoms with Gasteiger partial charge < -0.3 is 15.4 Å². The standard InChI is InChI=1S/C14H19N3OS/c1-2-18-11-3-4-12-13(9-11)19-14(17-12)16-10-5-7-15-8-6-10/h3-4,9-10,15H,2,5-8H2,1H3,(H,16,17). The second-order valence-corrected chi connectivity index (χ2v) is 5.78. The fourth-order valence-corrected chi connectivity index (χ4v) is 3.34. The summed E-state index contributed by atoms with van der Waals surface area (Å²) in [6.07, 6.45) is 2.33. The minimum Gasteiger partial charge on any atom is -0.494 e. The maximum Gasteiger partial charge on any atom is 0.184 e. The average molecular weight is 277 g/mol. The second kappa shape index (κ2) is 5.75. The molecule has 0 amide bonds. The first-order chi connectivity index (χ1) is 9.35. The molecule has 5 heteroatoms. The van der Waals surface area contributed by atoms with Gasteiger partial charge in [0.2, 0.25) is 0 Å². The molecule has 0 bridgehead atoms. The van der Waals surface area contributed by atoms with Gasteiger partial charge in [0.25, 0.3) is 0 Å². The summed E-state index contributed by atoms with van der Waals surface area (Å²) in [5, 5.41) is 7.95. The summed E-state index contributed by atoms with van der Waals surface area (Å²) >= 11 is 1.71. The lowest BCUT2D eigenvalue weighted by Gasteiger charge is -2.23. The molecule has 2 N–H and O–H groups in total. The van der Waals surface area contributed by atoms with E-state index in [2.05, 4.69) is 21.7 Å². The Kier molecular flexibility index (Phi) is 3.84. The van der Waals surface area contributed by atoms with E-state index >= 15 is 0 Å². The van der Waals surface area contributed by atoms with Crippen molar-refractivity contribution in [2.24, 2.45) is 0 Å². The Hall–Kier alpha value is -1.33. The van der Waals surface area contributed by atoms with Crippen molar-refractivity contribution in [3.63, 3.8) is 0 Å². The number of thiazole rings is 1. The number of hydrogen-bond donors (Lipinski definition) is 2. The smallest absolute Gasteiger partial charge is 0.184 e. The van der Waals surface area contributed by atoms with Gasteiger partial charge in [0.05, 0.1) is 16.8 Å². The van der Waals surface area contributed by atoms with Gasteiger partial charge in [-0.05, 0) is 51.1 Å². The van der Waals surface area contributed by atoms with Crippen LogP contribution in [-0.2, 0) is 0 Å². The predicted molar refractivity (Wildman–Crippen MR) is 80.3 cm³/mol. The molecule has 2 aromatic rings. The summed E-state index contributed by atoms with van der Waals surface area (Å²) in [7, 11) is 0. The number of hydrogen-bond acceptors (Lipinski definition) is 5. The summed E-state index contributed by atoms with van der Waals surface area (Å²) in [6, 6.07) is 6.64. The number of piperidine rings is 1. The van der Waals surface area contributed by atoms with Crippen molar-refractivity contribution in [2.45, 2.75) is 25.8 Å². The van der Waals surface area contributed by atoms with E-state index in [1.165, 1.54) is 17.5 Å². The van der Waals surface area contributed by atoms with Gasteiger partial charge >= 0.3 is 0 Å². The van der Waals surface area contributed by atoms with Gasteiger partial charge in [0.15, 0.2) is 5.13 Å². The first-order valence-corrected chi connectivity index (χ1v) is 7.67. The van der Waals surface area contributed by atoms with Gasteiger partial charge in [-0.2, -0.15) is 0 Å². The molecule has 0 radical (unpaired) electrons. The molecule has 1 aromatic carbocycles. The van der Waals surface area contributed by atoms with Crippen LogP contribution in [0.4, 0.5) is 5.13 Å². The van der Waals surface area contributed by atoms with Gasteiger partial charge in [0.1, 0.15) is 5.75 Å². The van der Waals surface area contributed by atoms with Crippen LogP contribution in [0, 0.1) is 0 Å². The Bertz CT molecular complexity index is 549. The summed E-state index contributed by atoms with van der Waals surface area (Å²) in [6.45, 7) is 4.89. The monoisotopic (exact) mass is 277 g/mol. The van der Waals surface area contributed by atoms with Gasteiger partial charge in [-0.15, -0.1) is 0 Å². The van der Waals surface area contributed by atoms with Crippen LogP contribution >= 0.6 is 11.3 Å². The highest BCUT2D eigenvalue weighted by Gasteiger charge is 2.14. The van der Waals surface area contributed by atoms with Crippen LogP contribution in [-0.4, -0.2) is 30.7 Å². The third-order valence-electron chi connectivity index (χ3n) is 3.34. The van der Waals surface area contributed by atoms with Crippen LogP contribution in [0.3, 0.4) is 0 Å². The number of aromatic nitrogens is 1. The molecular weight excluding hydrogens is 258 g/mol. The van der Waals surface area contributed by atoms with Crippen molar-refractivity contribution < 1.29 is 4.74 Å². The highest BCUT2D eigenvalue weighted by molar-refractivity contribution is 7.22. The molecular formula is C14H19N3OS. The highest BCUT2D eigenvalue weighted by atomic mass is 32.1. The van der Waals surface area contributed by atoms with E-state index in [4.69, 9.17) is 4.74 Å². The van der Waals surface area contributed by atoms with Crippen molar-refractivity contribution in [3.8, 4) is 5.75 Å². The fourth-order valence-electron chi connectivity index (χ4n) is 2.36. The molecule has 0 unspecified atom stereocenters. The van der Waals surface area contributed by atoms with Gasteiger partial charge in [-0.25, -0.2) is 4.98 Å². The molecule has 2 heterocycles. The Morgan fingerprint density at radius 2 is 2.26 bits per heavy atom. The van der Waals surface area contributed by atoms with E-state index in [0.29, 0.717) is 12.6 Å². The number of ether oxygens (including phenoxy) is 1. The van der Waals surface area contributed by atoms with Gasteiger partial charge in [-0.1, -0.05) is 11.3 Å². The van der Waals surface area contributed by atoms with E-state index in [9.17, 15) is 0 Å². The molecule has 0 saturated carbocycles.